The number of rotatable bonds is 4. The van der Waals surface area contributed by atoms with E-state index in [1.807, 2.05) is 11.6 Å². The SMILES string of the molecule is Cn1c(CCNC(=O)C2(N)CC2)nc2ccc(F)cc21. The molecule has 1 fully saturated rings. The fraction of sp³-hybridized carbons (Fsp3) is 0.429. The predicted molar refractivity (Wildman–Crippen MR) is 73.5 cm³/mol. The monoisotopic (exact) mass is 276 g/mol. The number of hydrogen-bond acceptors (Lipinski definition) is 3. The predicted octanol–water partition coefficient (Wildman–Crippen LogP) is 0.862. The second-order valence-electron chi connectivity index (χ2n) is 5.38. The average molecular weight is 276 g/mol. The lowest BCUT2D eigenvalue weighted by molar-refractivity contribution is -0.123. The highest BCUT2D eigenvalue weighted by atomic mass is 19.1. The van der Waals surface area contributed by atoms with Gasteiger partial charge in [0.15, 0.2) is 0 Å². The van der Waals surface area contributed by atoms with Crippen LogP contribution in [-0.2, 0) is 18.3 Å². The summed E-state index contributed by atoms with van der Waals surface area (Å²) in [5.41, 5.74) is 6.67. The number of nitrogens with zero attached hydrogens (tertiary/aromatic N) is 2. The number of benzene rings is 1. The van der Waals surface area contributed by atoms with Gasteiger partial charge in [-0.3, -0.25) is 4.79 Å². The van der Waals surface area contributed by atoms with Gasteiger partial charge in [-0.15, -0.1) is 0 Å². The Kier molecular flexibility index (Phi) is 2.97. The van der Waals surface area contributed by atoms with E-state index in [1.165, 1.54) is 12.1 Å². The maximum Gasteiger partial charge on any atom is 0.240 e. The van der Waals surface area contributed by atoms with Crippen molar-refractivity contribution in [2.24, 2.45) is 12.8 Å². The molecule has 0 aliphatic heterocycles. The number of aromatic nitrogens is 2. The molecular formula is C14H17FN4O. The fourth-order valence-corrected chi connectivity index (χ4v) is 2.26. The molecule has 0 spiro atoms. The third-order valence-electron chi connectivity index (χ3n) is 3.81. The van der Waals surface area contributed by atoms with Crippen molar-refractivity contribution in [3.05, 3.63) is 29.8 Å². The van der Waals surface area contributed by atoms with Crippen molar-refractivity contribution in [3.8, 4) is 0 Å². The first kappa shape index (κ1) is 13.1. The fourth-order valence-electron chi connectivity index (χ4n) is 2.26. The van der Waals surface area contributed by atoms with Crippen LogP contribution in [0.3, 0.4) is 0 Å². The molecule has 2 aromatic rings. The summed E-state index contributed by atoms with van der Waals surface area (Å²) < 4.78 is 15.1. The van der Waals surface area contributed by atoms with E-state index in [9.17, 15) is 9.18 Å². The number of nitrogens with two attached hydrogens (primary N) is 1. The molecule has 0 unspecified atom stereocenters. The first-order valence-electron chi connectivity index (χ1n) is 6.68. The summed E-state index contributed by atoms with van der Waals surface area (Å²) in [7, 11) is 1.84. The Morgan fingerprint density at radius 2 is 2.30 bits per heavy atom. The zero-order valence-corrected chi connectivity index (χ0v) is 11.3. The molecule has 1 aliphatic carbocycles. The van der Waals surface area contributed by atoms with Crippen molar-refractivity contribution in [3.63, 3.8) is 0 Å². The molecule has 20 heavy (non-hydrogen) atoms. The number of fused-ring (bicyclic) bond motifs is 1. The summed E-state index contributed by atoms with van der Waals surface area (Å²) in [6, 6.07) is 4.52. The first-order chi connectivity index (χ1) is 9.49. The van der Waals surface area contributed by atoms with E-state index in [-0.39, 0.29) is 11.7 Å². The molecular weight excluding hydrogens is 259 g/mol. The molecule has 1 heterocycles. The number of aryl methyl sites for hydroxylation is 1. The molecule has 0 radical (unpaired) electrons. The second-order valence-corrected chi connectivity index (χ2v) is 5.38. The Hall–Kier alpha value is -1.95. The Labute approximate surface area is 116 Å². The molecule has 3 N–H and O–H groups in total. The molecule has 0 bridgehead atoms. The van der Waals surface area contributed by atoms with Gasteiger partial charge in [0.2, 0.25) is 5.91 Å². The third-order valence-corrected chi connectivity index (χ3v) is 3.81. The van der Waals surface area contributed by atoms with Gasteiger partial charge in [-0.1, -0.05) is 0 Å². The minimum atomic E-state index is -0.643. The summed E-state index contributed by atoms with van der Waals surface area (Å²) in [5.74, 6) is 0.439. The van der Waals surface area contributed by atoms with E-state index in [1.54, 1.807) is 6.07 Å². The highest BCUT2D eigenvalue weighted by Crippen LogP contribution is 2.31. The van der Waals surface area contributed by atoms with Crippen molar-refractivity contribution >= 4 is 16.9 Å². The van der Waals surface area contributed by atoms with E-state index in [4.69, 9.17) is 5.73 Å². The van der Waals surface area contributed by atoms with Crippen LogP contribution in [-0.4, -0.2) is 27.5 Å². The van der Waals surface area contributed by atoms with Crippen LogP contribution in [0.25, 0.3) is 11.0 Å². The number of nitrogens with one attached hydrogen (secondary N) is 1. The summed E-state index contributed by atoms with van der Waals surface area (Å²) in [6.07, 6.45) is 2.10. The summed E-state index contributed by atoms with van der Waals surface area (Å²) in [6.45, 7) is 0.484. The van der Waals surface area contributed by atoms with Crippen molar-refractivity contribution in [1.29, 1.82) is 0 Å². The molecule has 1 saturated carbocycles. The topological polar surface area (TPSA) is 72.9 Å². The number of amides is 1. The molecule has 1 amide bonds. The Morgan fingerprint density at radius 3 is 3.00 bits per heavy atom. The third kappa shape index (κ3) is 2.27. The number of carbonyl (C=O) groups excluding carboxylic acids is 1. The Bertz CT molecular complexity index is 675. The number of imidazole rings is 1. The van der Waals surface area contributed by atoms with Gasteiger partial charge in [-0.2, -0.15) is 0 Å². The number of halogens is 1. The summed E-state index contributed by atoms with van der Waals surface area (Å²) >= 11 is 0. The lowest BCUT2D eigenvalue weighted by atomic mass is 10.2. The van der Waals surface area contributed by atoms with Crippen LogP contribution in [0.15, 0.2) is 18.2 Å². The van der Waals surface area contributed by atoms with Gasteiger partial charge in [0.1, 0.15) is 11.6 Å². The van der Waals surface area contributed by atoms with Crippen molar-refractivity contribution in [2.45, 2.75) is 24.8 Å². The zero-order chi connectivity index (χ0) is 14.3. The van der Waals surface area contributed by atoms with Gasteiger partial charge in [0.05, 0.1) is 16.6 Å². The zero-order valence-electron chi connectivity index (χ0n) is 11.3. The van der Waals surface area contributed by atoms with Gasteiger partial charge >= 0.3 is 0 Å². The number of hydrogen-bond donors (Lipinski definition) is 2. The molecule has 0 atom stereocenters. The number of carbonyl (C=O) groups is 1. The minimum Gasteiger partial charge on any atom is -0.354 e. The van der Waals surface area contributed by atoms with Crippen LogP contribution in [0, 0.1) is 5.82 Å². The van der Waals surface area contributed by atoms with Crippen LogP contribution in [0.2, 0.25) is 0 Å². The lowest BCUT2D eigenvalue weighted by Gasteiger charge is -2.09. The van der Waals surface area contributed by atoms with E-state index in [2.05, 4.69) is 10.3 Å². The highest BCUT2D eigenvalue weighted by Gasteiger charge is 2.45. The van der Waals surface area contributed by atoms with Gasteiger partial charge < -0.3 is 15.6 Å². The quantitative estimate of drug-likeness (QED) is 0.870. The first-order valence-corrected chi connectivity index (χ1v) is 6.68. The van der Waals surface area contributed by atoms with E-state index < -0.39 is 5.54 Å². The summed E-state index contributed by atoms with van der Waals surface area (Å²) in [4.78, 5) is 16.1. The summed E-state index contributed by atoms with van der Waals surface area (Å²) in [5, 5.41) is 2.83. The lowest BCUT2D eigenvalue weighted by Crippen LogP contribution is -2.43. The Morgan fingerprint density at radius 1 is 1.55 bits per heavy atom. The smallest absolute Gasteiger partial charge is 0.240 e. The van der Waals surface area contributed by atoms with Gasteiger partial charge in [-0.25, -0.2) is 9.37 Å². The molecule has 106 valence electrons. The molecule has 1 aliphatic rings. The maximum atomic E-state index is 13.2. The highest BCUT2D eigenvalue weighted by molar-refractivity contribution is 5.88. The van der Waals surface area contributed by atoms with Crippen LogP contribution in [0.1, 0.15) is 18.7 Å². The molecule has 6 heteroatoms. The van der Waals surface area contributed by atoms with Crippen molar-refractivity contribution < 1.29 is 9.18 Å². The average Bonchev–Trinajstić information content (AvgIpc) is 3.10. The van der Waals surface area contributed by atoms with E-state index in [0.717, 1.165) is 29.7 Å². The second kappa shape index (κ2) is 4.56. The molecule has 5 nitrogen and oxygen atoms in total. The normalized spacial score (nSPS) is 16.4. The largest absolute Gasteiger partial charge is 0.354 e. The van der Waals surface area contributed by atoms with E-state index >= 15 is 0 Å². The molecule has 1 aromatic heterocycles. The molecule has 3 rings (SSSR count). The van der Waals surface area contributed by atoms with Gasteiger partial charge in [0.25, 0.3) is 0 Å². The van der Waals surface area contributed by atoms with E-state index in [0.29, 0.717) is 13.0 Å². The minimum absolute atomic E-state index is 0.0951. The van der Waals surface area contributed by atoms with Crippen LogP contribution in [0.5, 0.6) is 0 Å². The van der Waals surface area contributed by atoms with Crippen LogP contribution in [0.4, 0.5) is 4.39 Å². The maximum absolute atomic E-state index is 13.2. The molecule has 1 aromatic carbocycles. The standard InChI is InChI=1S/C14H17FN4O/c1-19-11-8-9(15)2-3-10(11)18-12(19)4-7-17-13(20)14(16)5-6-14/h2-3,8H,4-7,16H2,1H3,(H,17,20). The van der Waals surface area contributed by atoms with Gasteiger partial charge in [-0.05, 0) is 31.0 Å². The molecule has 0 saturated heterocycles. The van der Waals surface area contributed by atoms with Crippen molar-refractivity contribution in [2.75, 3.05) is 6.54 Å². The van der Waals surface area contributed by atoms with Crippen LogP contribution < -0.4 is 11.1 Å². The Balaban J connectivity index is 1.68. The van der Waals surface area contributed by atoms with Gasteiger partial charge in [0, 0.05) is 20.0 Å². The van der Waals surface area contributed by atoms with Crippen molar-refractivity contribution in [1.82, 2.24) is 14.9 Å². The van der Waals surface area contributed by atoms with Crippen LogP contribution >= 0.6 is 0 Å².